The van der Waals surface area contributed by atoms with Crippen molar-refractivity contribution in [3.05, 3.63) is 12.5 Å². The molecule has 0 unspecified atom stereocenters. The normalized spacial score (nSPS) is 17.9. The molecule has 120 valence electrons. The Morgan fingerprint density at radius 3 is 2.86 bits per heavy atom. The molecule has 0 bridgehead atoms. The van der Waals surface area contributed by atoms with Gasteiger partial charge in [-0.15, -0.1) is 0 Å². The van der Waals surface area contributed by atoms with Crippen LogP contribution in [0, 0.1) is 0 Å². The molecule has 22 heavy (non-hydrogen) atoms. The number of aromatic amines is 1. The van der Waals surface area contributed by atoms with Gasteiger partial charge in [-0.05, 0) is 12.8 Å². The average molecular weight is 324 g/mol. The molecule has 1 aliphatic heterocycles. The van der Waals surface area contributed by atoms with Gasteiger partial charge in [0.05, 0.1) is 17.3 Å². The zero-order chi connectivity index (χ0) is 15.6. The van der Waals surface area contributed by atoms with Crippen LogP contribution in [0.3, 0.4) is 0 Å². The molecular weight excluding hydrogens is 304 g/mol. The quantitative estimate of drug-likeness (QED) is 0.813. The smallest absolute Gasteiger partial charge is 0.160 e. The number of piperidine rings is 1. The standard InChI is InChI=1S/C13H20N6O2S/c1-22(20,21)7-6-19-4-2-10(3-5-19)17-12-11-8-16-18-13(11)15-9-14-12/h8-10H,2-7H2,1H3,(H2,14,15,16,17,18). The molecule has 3 heterocycles. The van der Waals surface area contributed by atoms with Gasteiger partial charge in [-0.3, -0.25) is 5.10 Å². The number of sulfone groups is 1. The molecule has 0 atom stereocenters. The van der Waals surface area contributed by atoms with Gasteiger partial charge in [-0.1, -0.05) is 0 Å². The molecular formula is C13H20N6O2S. The number of H-pyrrole nitrogens is 1. The molecule has 3 rings (SSSR count). The summed E-state index contributed by atoms with van der Waals surface area (Å²) in [6.07, 6.45) is 6.45. The number of hydrogen-bond acceptors (Lipinski definition) is 7. The third-order valence-corrected chi connectivity index (χ3v) is 4.88. The molecule has 0 spiro atoms. The van der Waals surface area contributed by atoms with E-state index in [-0.39, 0.29) is 5.75 Å². The lowest BCUT2D eigenvalue weighted by Crippen LogP contribution is -2.41. The van der Waals surface area contributed by atoms with Crippen molar-refractivity contribution in [3.8, 4) is 0 Å². The van der Waals surface area contributed by atoms with Gasteiger partial charge < -0.3 is 10.2 Å². The average Bonchev–Trinajstić information content (AvgIpc) is 2.95. The summed E-state index contributed by atoms with van der Waals surface area (Å²) in [5.41, 5.74) is 0.725. The maximum Gasteiger partial charge on any atom is 0.160 e. The van der Waals surface area contributed by atoms with E-state index in [0.29, 0.717) is 12.6 Å². The minimum Gasteiger partial charge on any atom is -0.367 e. The number of fused-ring (bicyclic) bond motifs is 1. The largest absolute Gasteiger partial charge is 0.367 e. The Labute approximate surface area is 129 Å². The first kappa shape index (κ1) is 15.2. The minimum absolute atomic E-state index is 0.229. The number of anilines is 1. The van der Waals surface area contributed by atoms with Gasteiger partial charge in [-0.2, -0.15) is 5.10 Å². The Morgan fingerprint density at radius 1 is 1.36 bits per heavy atom. The van der Waals surface area contributed by atoms with Crippen LogP contribution in [0.4, 0.5) is 5.82 Å². The highest BCUT2D eigenvalue weighted by molar-refractivity contribution is 7.90. The molecule has 9 heteroatoms. The van der Waals surface area contributed by atoms with E-state index in [1.807, 2.05) is 0 Å². The SMILES string of the molecule is CS(=O)(=O)CCN1CCC(Nc2ncnc3[nH]ncc23)CC1. The Kier molecular flexibility index (Phi) is 4.25. The van der Waals surface area contributed by atoms with Crippen molar-refractivity contribution in [2.45, 2.75) is 18.9 Å². The van der Waals surface area contributed by atoms with E-state index in [1.165, 1.54) is 12.6 Å². The van der Waals surface area contributed by atoms with E-state index in [4.69, 9.17) is 0 Å². The van der Waals surface area contributed by atoms with Crippen molar-refractivity contribution < 1.29 is 8.42 Å². The first-order valence-electron chi connectivity index (χ1n) is 7.32. The van der Waals surface area contributed by atoms with E-state index in [0.717, 1.165) is 42.8 Å². The van der Waals surface area contributed by atoms with Crippen molar-refractivity contribution >= 4 is 26.7 Å². The molecule has 0 amide bonds. The lowest BCUT2D eigenvalue weighted by Gasteiger charge is -2.32. The molecule has 1 saturated heterocycles. The van der Waals surface area contributed by atoms with Gasteiger partial charge in [0.25, 0.3) is 0 Å². The van der Waals surface area contributed by atoms with E-state index >= 15 is 0 Å². The van der Waals surface area contributed by atoms with E-state index in [9.17, 15) is 8.42 Å². The zero-order valence-corrected chi connectivity index (χ0v) is 13.3. The van der Waals surface area contributed by atoms with E-state index < -0.39 is 9.84 Å². The van der Waals surface area contributed by atoms with Gasteiger partial charge in [0.1, 0.15) is 22.0 Å². The number of nitrogens with zero attached hydrogens (tertiary/aromatic N) is 4. The third-order valence-electron chi connectivity index (χ3n) is 3.95. The van der Waals surface area contributed by atoms with Crippen molar-refractivity contribution in [1.29, 1.82) is 0 Å². The Balaban J connectivity index is 1.55. The van der Waals surface area contributed by atoms with Crippen LogP contribution in [-0.4, -0.2) is 71.2 Å². The summed E-state index contributed by atoms with van der Waals surface area (Å²) in [5, 5.41) is 11.1. The van der Waals surface area contributed by atoms with Gasteiger partial charge in [0.2, 0.25) is 0 Å². The summed E-state index contributed by atoms with van der Waals surface area (Å²) in [6.45, 7) is 2.41. The minimum atomic E-state index is -2.89. The Hall–Kier alpha value is -1.74. The predicted molar refractivity (Wildman–Crippen MR) is 84.5 cm³/mol. The number of likely N-dealkylation sites (tertiary alicyclic amines) is 1. The van der Waals surface area contributed by atoms with Crippen molar-refractivity contribution in [3.63, 3.8) is 0 Å². The van der Waals surface area contributed by atoms with Crippen LogP contribution in [0.15, 0.2) is 12.5 Å². The summed E-state index contributed by atoms with van der Waals surface area (Å²) in [6, 6.07) is 0.336. The lowest BCUT2D eigenvalue weighted by atomic mass is 10.1. The summed E-state index contributed by atoms with van der Waals surface area (Å²) < 4.78 is 22.4. The molecule has 8 nitrogen and oxygen atoms in total. The number of rotatable bonds is 5. The number of aromatic nitrogens is 4. The first-order chi connectivity index (χ1) is 10.5. The molecule has 0 saturated carbocycles. The second-order valence-corrected chi connectivity index (χ2v) is 8.00. The highest BCUT2D eigenvalue weighted by Gasteiger charge is 2.21. The maximum absolute atomic E-state index is 11.2. The van der Waals surface area contributed by atoms with Crippen LogP contribution >= 0.6 is 0 Å². The van der Waals surface area contributed by atoms with Gasteiger partial charge in [0, 0.05) is 31.9 Å². The molecule has 1 fully saturated rings. The zero-order valence-electron chi connectivity index (χ0n) is 12.5. The Morgan fingerprint density at radius 2 is 2.14 bits per heavy atom. The topological polar surface area (TPSA) is 104 Å². The fourth-order valence-corrected chi connectivity index (χ4v) is 3.26. The van der Waals surface area contributed by atoms with Crippen LogP contribution in [0.5, 0.6) is 0 Å². The molecule has 1 aliphatic rings. The van der Waals surface area contributed by atoms with E-state index in [2.05, 4.69) is 30.4 Å². The summed E-state index contributed by atoms with van der Waals surface area (Å²) in [5.74, 6) is 1.03. The fourth-order valence-electron chi connectivity index (χ4n) is 2.67. The van der Waals surface area contributed by atoms with Gasteiger partial charge >= 0.3 is 0 Å². The fraction of sp³-hybridized carbons (Fsp3) is 0.615. The van der Waals surface area contributed by atoms with E-state index in [1.54, 1.807) is 6.20 Å². The third kappa shape index (κ3) is 3.72. The molecule has 0 radical (unpaired) electrons. The molecule has 2 aromatic heterocycles. The van der Waals surface area contributed by atoms with Crippen molar-refractivity contribution in [1.82, 2.24) is 25.1 Å². The van der Waals surface area contributed by atoms with Gasteiger partial charge in [0.15, 0.2) is 5.65 Å². The van der Waals surface area contributed by atoms with Crippen LogP contribution < -0.4 is 5.32 Å². The first-order valence-corrected chi connectivity index (χ1v) is 9.38. The summed E-state index contributed by atoms with van der Waals surface area (Å²) >= 11 is 0. The Bertz CT molecular complexity index is 736. The number of hydrogen-bond donors (Lipinski definition) is 2. The van der Waals surface area contributed by atoms with Crippen LogP contribution in [-0.2, 0) is 9.84 Å². The second-order valence-electron chi connectivity index (χ2n) is 5.74. The maximum atomic E-state index is 11.2. The molecule has 0 aliphatic carbocycles. The summed E-state index contributed by atoms with van der Waals surface area (Å²) in [7, 11) is -2.89. The van der Waals surface area contributed by atoms with Crippen LogP contribution in [0.1, 0.15) is 12.8 Å². The van der Waals surface area contributed by atoms with Crippen molar-refractivity contribution in [2.75, 3.05) is 37.0 Å². The predicted octanol–water partition coefficient (Wildman–Crippen LogP) is 0.274. The highest BCUT2D eigenvalue weighted by atomic mass is 32.2. The van der Waals surface area contributed by atoms with Gasteiger partial charge in [-0.25, -0.2) is 18.4 Å². The second kappa shape index (κ2) is 6.17. The monoisotopic (exact) mass is 324 g/mol. The molecule has 2 N–H and O–H groups in total. The van der Waals surface area contributed by atoms with Crippen LogP contribution in [0.2, 0.25) is 0 Å². The number of nitrogens with one attached hydrogen (secondary N) is 2. The molecule has 2 aromatic rings. The lowest BCUT2D eigenvalue weighted by molar-refractivity contribution is 0.230. The highest BCUT2D eigenvalue weighted by Crippen LogP contribution is 2.20. The van der Waals surface area contributed by atoms with Crippen LogP contribution in [0.25, 0.3) is 11.0 Å². The summed E-state index contributed by atoms with van der Waals surface area (Å²) in [4.78, 5) is 10.6. The van der Waals surface area contributed by atoms with Crippen molar-refractivity contribution in [2.24, 2.45) is 0 Å². The molecule has 0 aromatic carbocycles.